The van der Waals surface area contributed by atoms with Gasteiger partial charge in [0.05, 0.1) is 12.3 Å². The van der Waals surface area contributed by atoms with Crippen LogP contribution in [-0.4, -0.2) is 41.1 Å². The lowest BCUT2D eigenvalue weighted by Crippen LogP contribution is -2.39. The van der Waals surface area contributed by atoms with Crippen LogP contribution in [0.4, 0.5) is 0 Å². The van der Waals surface area contributed by atoms with Crippen molar-refractivity contribution in [1.29, 1.82) is 0 Å². The summed E-state index contributed by atoms with van der Waals surface area (Å²) in [5.74, 6) is 0.862. The van der Waals surface area contributed by atoms with E-state index in [1.807, 2.05) is 0 Å². The number of hydrogen-bond donors (Lipinski definition) is 1. The molecule has 19 heavy (non-hydrogen) atoms. The average molecular weight is 262 g/mol. The smallest absolute Gasteiger partial charge is 0.158 e. The van der Waals surface area contributed by atoms with Crippen molar-refractivity contribution in [2.45, 2.75) is 39.5 Å². The zero-order chi connectivity index (χ0) is 13.2. The van der Waals surface area contributed by atoms with Crippen molar-refractivity contribution >= 4 is 0 Å². The van der Waals surface area contributed by atoms with Gasteiger partial charge in [-0.3, -0.25) is 4.90 Å². The molecule has 0 saturated carbocycles. The fourth-order valence-corrected chi connectivity index (χ4v) is 2.88. The van der Waals surface area contributed by atoms with E-state index in [-0.39, 0.29) is 6.10 Å². The molecule has 0 amide bonds. The highest BCUT2D eigenvalue weighted by atomic mass is 16.5. The van der Waals surface area contributed by atoms with E-state index < -0.39 is 0 Å². The topological polar surface area (TPSA) is 50.3 Å². The highest BCUT2D eigenvalue weighted by molar-refractivity contribution is 5.28. The molecule has 1 fully saturated rings. The van der Waals surface area contributed by atoms with Gasteiger partial charge in [0.2, 0.25) is 0 Å². The lowest BCUT2D eigenvalue weighted by molar-refractivity contribution is -0.0343. The number of hydrogen-bond acceptors (Lipinski definition) is 5. The Hall–Kier alpha value is -1.04. The molecule has 0 radical (unpaired) electrons. The van der Waals surface area contributed by atoms with Gasteiger partial charge in [-0.15, -0.1) is 0 Å². The van der Waals surface area contributed by atoms with Crippen molar-refractivity contribution in [1.82, 2.24) is 20.2 Å². The fourth-order valence-electron chi connectivity index (χ4n) is 2.88. The van der Waals surface area contributed by atoms with Crippen molar-refractivity contribution in [2.75, 3.05) is 26.2 Å². The maximum atomic E-state index is 5.87. The second kappa shape index (κ2) is 5.53. The number of morpholine rings is 1. The Labute approximate surface area is 114 Å². The highest BCUT2D eigenvalue weighted by Gasteiger charge is 2.26. The van der Waals surface area contributed by atoms with E-state index in [1.54, 1.807) is 0 Å². The Morgan fingerprint density at radius 2 is 2.26 bits per heavy atom. The Balaban J connectivity index is 1.80. The molecule has 1 saturated heterocycles. The Morgan fingerprint density at radius 3 is 3.11 bits per heavy atom. The molecular weight excluding hydrogens is 240 g/mol. The van der Waals surface area contributed by atoms with Gasteiger partial charge in [0, 0.05) is 37.4 Å². The van der Waals surface area contributed by atoms with Crippen LogP contribution in [0.2, 0.25) is 0 Å². The average Bonchev–Trinajstić information content (AvgIpc) is 2.88. The molecule has 1 unspecified atom stereocenters. The van der Waals surface area contributed by atoms with E-state index in [0.717, 1.165) is 56.5 Å². The van der Waals surface area contributed by atoms with Crippen molar-refractivity contribution in [3.05, 3.63) is 22.8 Å². The molecule has 3 heterocycles. The third kappa shape index (κ3) is 2.63. The number of aryl methyl sites for hydroxylation is 1. The van der Waals surface area contributed by atoms with Crippen molar-refractivity contribution < 1.29 is 4.74 Å². The van der Waals surface area contributed by atoms with E-state index in [4.69, 9.17) is 9.72 Å². The zero-order valence-electron chi connectivity index (χ0n) is 11.8. The zero-order valence-corrected chi connectivity index (χ0v) is 11.8. The van der Waals surface area contributed by atoms with Crippen LogP contribution in [-0.2, 0) is 17.8 Å². The molecule has 2 aliphatic heterocycles. The summed E-state index contributed by atoms with van der Waals surface area (Å²) in [5, 5.41) is 3.33. The van der Waals surface area contributed by atoms with E-state index in [0.29, 0.717) is 0 Å². The first-order valence-electron chi connectivity index (χ1n) is 7.19. The lowest BCUT2D eigenvalue weighted by atomic mass is 10.1. The van der Waals surface area contributed by atoms with Gasteiger partial charge in [0.1, 0.15) is 6.10 Å². The van der Waals surface area contributed by atoms with Crippen LogP contribution in [0.1, 0.15) is 42.2 Å². The summed E-state index contributed by atoms with van der Waals surface area (Å²) >= 11 is 0. The van der Waals surface area contributed by atoms with Crippen LogP contribution in [0.5, 0.6) is 0 Å². The Kier molecular flexibility index (Phi) is 3.77. The molecule has 2 aliphatic rings. The summed E-state index contributed by atoms with van der Waals surface area (Å²) in [6, 6.07) is 0. The number of rotatable bonds is 3. The monoisotopic (exact) mass is 262 g/mol. The summed E-state index contributed by atoms with van der Waals surface area (Å²) in [6.07, 6.45) is 1.21. The van der Waals surface area contributed by atoms with Crippen LogP contribution in [0.3, 0.4) is 0 Å². The normalized spacial score (nSPS) is 23.6. The van der Waals surface area contributed by atoms with Gasteiger partial charge in [-0.05, 0) is 19.9 Å². The fraction of sp³-hybridized carbons (Fsp3) is 0.714. The number of fused-ring (bicyclic) bond motifs is 1. The number of nitrogens with zero attached hydrogens (tertiary/aromatic N) is 3. The van der Waals surface area contributed by atoms with E-state index >= 15 is 0 Å². The second-order valence-corrected chi connectivity index (χ2v) is 5.36. The van der Waals surface area contributed by atoms with Crippen LogP contribution in [0.25, 0.3) is 0 Å². The molecule has 5 nitrogen and oxygen atoms in total. The number of ether oxygens (including phenoxy) is 1. The molecule has 1 aromatic rings. The maximum absolute atomic E-state index is 5.87. The molecule has 0 spiro atoms. The van der Waals surface area contributed by atoms with E-state index in [9.17, 15) is 0 Å². The van der Waals surface area contributed by atoms with Gasteiger partial charge in [-0.25, -0.2) is 9.97 Å². The minimum atomic E-state index is 0.0323. The lowest BCUT2D eigenvalue weighted by Gasteiger charge is -2.32. The predicted molar refractivity (Wildman–Crippen MR) is 72.7 cm³/mol. The van der Waals surface area contributed by atoms with Crippen molar-refractivity contribution in [2.24, 2.45) is 0 Å². The standard InChI is InChI=1S/C14H22N4O/c1-3-4-18-5-6-19-13(9-18)14-16-10(2)11-7-15-8-12(11)17-14/h13,15H,3-9H2,1-2H3. The van der Waals surface area contributed by atoms with Crippen molar-refractivity contribution in [3.63, 3.8) is 0 Å². The summed E-state index contributed by atoms with van der Waals surface area (Å²) in [7, 11) is 0. The molecule has 104 valence electrons. The molecule has 3 rings (SSSR count). The van der Waals surface area contributed by atoms with Crippen molar-refractivity contribution in [3.8, 4) is 0 Å². The maximum Gasteiger partial charge on any atom is 0.158 e. The van der Waals surface area contributed by atoms with Crippen LogP contribution in [0.15, 0.2) is 0 Å². The Morgan fingerprint density at radius 1 is 1.37 bits per heavy atom. The first-order valence-corrected chi connectivity index (χ1v) is 7.19. The molecule has 5 heteroatoms. The highest BCUT2D eigenvalue weighted by Crippen LogP contribution is 2.23. The summed E-state index contributed by atoms with van der Waals surface area (Å²) in [4.78, 5) is 11.8. The molecule has 1 atom stereocenters. The largest absolute Gasteiger partial charge is 0.368 e. The minimum Gasteiger partial charge on any atom is -0.368 e. The van der Waals surface area contributed by atoms with Gasteiger partial charge in [0.25, 0.3) is 0 Å². The van der Waals surface area contributed by atoms with Gasteiger partial charge in [0.15, 0.2) is 5.82 Å². The summed E-state index contributed by atoms with van der Waals surface area (Å²) in [6.45, 7) is 9.89. The first kappa shape index (κ1) is 13.0. The van der Waals surface area contributed by atoms with Gasteiger partial charge >= 0.3 is 0 Å². The molecule has 0 aliphatic carbocycles. The van der Waals surface area contributed by atoms with Gasteiger partial charge in [-0.1, -0.05) is 6.92 Å². The quantitative estimate of drug-likeness (QED) is 0.886. The first-order chi connectivity index (χ1) is 9.28. The second-order valence-electron chi connectivity index (χ2n) is 5.36. The molecule has 1 N–H and O–H groups in total. The third-order valence-electron chi connectivity index (χ3n) is 3.89. The third-order valence-corrected chi connectivity index (χ3v) is 3.89. The summed E-state index contributed by atoms with van der Waals surface area (Å²) in [5.41, 5.74) is 3.52. The Bertz CT molecular complexity index is 461. The molecule has 0 bridgehead atoms. The molecular formula is C14H22N4O. The number of aromatic nitrogens is 2. The SMILES string of the molecule is CCCN1CCOC(c2nc(C)c3c(n2)CNC3)C1. The predicted octanol–water partition coefficient (Wildman–Crippen LogP) is 1.17. The molecule has 1 aromatic heterocycles. The molecule has 0 aromatic carbocycles. The van der Waals surface area contributed by atoms with Crippen LogP contribution < -0.4 is 5.32 Å². The number of nitrogens with one attached hydrogen (secondary N) is 1. The van der Waals surface area contributed by atoms with Crippen LogP contribution in [0, 0.1) is 6.92 Å². The summed E-state index contributed by atoms with van der Waals surface area (Å²) < 4.78 is 5.87. The van der Waals surface area contributed by atoms with Gasteiger partial charge < -0.3 is 10.1 Å². The van der Waals surface area contributed by atoms with E-state index in [1.165, 1.54) is 12.0 Å². The van der Waals surface area contributed by atoms with Crippen LogP contribution >= 0.6 is 0 Å². The van der Waals surface area contributed by atoms with Gasteiger partial charge in [-0.2, -0.15) is 0 Å². The minimum absolute atomic E-state index is 0.0323. The van der Waals surface area contributed by atoms with E-state index in [2.05, 4.69) is 29.0 Å².